The first-order valence-corrected chi connectivity index (χ1v) is 14.0. The largest absolute Gasteiger partial charge is 0.486 e. The summed E-state index contributed by atoms with van der Waals surface area (Å²) < 4.78 is 38.5. The molecule has 202 valence electrons. The minimum atomic E-state index is -3.84. The lowest BCUT2D eigenvalue weighted by molar-refractivity contribution is -0.140. The van der Waals surface area contributed by atoms with Crippen LogP contribution < -0.4 is 19.1 Å². The van der Waals surface area contributed by atoms with Crippen LogP contribution in [0, 0.1) is 6.92 Å². The van der Waals surface area contributed by atoms with Crippen LogP contribution in [-0.2, 0) is 26.2 Å². The minimum Gasteiger partial charge on any atom is -0.486 e. The third-order valence-corrected chi connectivity index (χ3v) is 7.80. The summed E-state index contributed by atoms with van der Waals surface area (Å²) in [4.78, 5) is 28.3. The number of nitrogens with zero attached hydrogens (tertiary/aromatic N) is 2. The Bertz CT molecular complexity index is 1240. The van der Waals surface area contributed by atoms with E-state index in [4.69, 9.17) is 9.47 Å². The number of rotatable bonds is 9. The number of hydrogen-bond acceptors (Lipinski definition) is 6. The van der Waals surface area contributed by atoms with Gasteiger partial charge < -0.3 is 19.7 Å². The van der Waals surface area contributed by atoms with E-state index in [1.165, 1.54) is 11.8 Å². The Morgan fingerprint density at radius 2 is 1.70 bits per heavy atom. The van der Waals surface area contributed by atoms with Gasteiger partial charge in [-0.2, -0.15) is 0 Å². The summed E-state index contributed by atoms with van der Waals surface area (Å²) in [5.74, 6) is -0.0801. The highest BCUT2D eigenvalue weighted by Crippen LogP contribution is 2.35. The Kier molecular flexibility index (Phi) is 8.73. The summed E-state index contributed by atoms with van der Waals surface area (Å²) in [7, 11) is -3.84. The minimum absolute atomic E-state index is 0.158. The van der Waals surface area contributed by atoms with Crippen molar-refractivity contribution in [2.24, 2.45) is 0 Å². The predicted molar refractivity (Wildman–Crippen MR) is 143 cm³/mol. The standard InChI is InChI=1S/C27H37N3O6S/c1-7-37(33,34)30(22-12-13-23-24(16-22)36-15-14-35-23)18-25(31)29(17-21-11-9-8-10-19(21)2)20(3)26(32)28-27(4,5)6/h8-13,16,20H,7,14-15,17-18H2,1-6H3,(H,28,32). The molecule has 0 fully saturated rings. The van der Waals surface area contributed by atoms with E-state index < -0.39 is 34.1 Å². The van der Waals surface area contributed by atoms with Gasteiger partial charge in [-0.05, 0) is 64.8 Å². The molecule has 0 aliphatic carbocycles. The van der Waals surface area contributed by atoms with E-state index in [0.717, 1.165) is 15.4 Å². The summed E-state index contributed by atoms with van der Waals surface area (Å²) in [6.45, 7) is 11.1. The van der Waals surface area contributed by atoms with E-state index in [0.29, 0.717) is 30.4 Å². The molecule has 1 aliphatic rings. The molecular formula is C27H37N3O6S. The van der Waals surface area contributed by atoms with Crippen molar-refractivity contribution in [2.45, 2.75) is 59.7 Å². The summed E-state index contributed by atoms with van der Waals surface area (Å²) in [6, 6.07) is 11.6. The second-order valence-corrected chi connectivity index (χ2v) is 12.3. The Balaban J connectivity index is 1.97. The number of sulfonamides is 1. The van der Waals surface area contributed by atoms with Crippen molar-refractivity contribution < 1.29 is 27.5 Å². The van der Waals surface area contributed by atoms with Crippen molar-refractivity contribution in [2.75, 3.05) is 29.8 Å². The zero-order chi connectivity index (χ0) is 27.4. The Labute approximate surface area is 219 Å². The van der Waals surface area contributed by atoms with Crippen LogP contribution in [0.2, 0.25) is 0 Å². The molecule has 37 heavy (non-hydrogen) atoms. The highest BCUT2D eigenvalue weighted by molar-refractivity contribution is 7.92. The van der Waals surface area contributed by atoms with Crippen molar-refractivity contribution in [1.29, 1.82) is 0 Å². The summed E-state index contributed by atoms with van der Waals surface area (Å²) in [6.07, 6.45) is 0. The van der Waals surface area contributed by atoms with Gasteiger partial charge in [0.05, 0.1) is 11.4 Å². The van der Waals surface area contributed by atoms with Crippen LogP contribution in [0.25, 0.3) is 0 Å². The number of carbonyl (C=O) groups is 2. The maximum Gasteiger partial charge on any atom is 0.244 e. The van der Waals surface area contributed by atoms with E-state index >= 15 is 0 Å². The summed E-state index contributed by atoms with van der Waals surface area (Å²) in [5, 5.41) is 2.92. The fourth-order valence-electron chi connectivity index (χ4n) is 3.93. The molecule has 1 heterocycles. The predicted octanol–water partition coefficient (Wildman–Crippen LogP) is 3.25. The lowest BCUT2D eigenvalue weighted by atomic mass is 10.1. The fraction of sp³-hybridized carbons (Fsp3) is 0.481. The molecule has 0 bridgehead atoms. The molecule has 0 spiro atoms. The van der Waals surface area contributed by atoms with Crippen LogP contribution in [0.3, 0.4) is 0 Å². The number of hydrogen-bond donors (Lipinski definition) is 1. The third-order valence-electron chi connectivity index (χ3n) is 6.06. The van der Waals surface area contributed by atoms with Crippen LogP contribution in [0.4, 0.5) is 5.69 Å². The Hall–Kier alpha value is -3.27. The second kappa shape index (κ2) is 11.4. The monoisotopic (exact) mass is 531 g/mol. The maximum absolute atomic E-state index is 13.8. The molecule has 2 amide bonds. The van der Waals surface area contributed by atoms with Crippen molar-refractivity contribution in [3.05, 3.63) is 53.6 Å². The van der Waals surface area contributed by atoms with E-state index in [-0.39, 0.29) is 18.2 Å². The number of aryl methyl sites for hydroxylation is 1. The van der Waals surface area contributed by atoms with E-state index in [1.807, 2.05) is 52.0 Å². The van der Waals surface area contributed by atoms with E-state index in [1.54, 1.807) is 25.1 Å². The number of anilines is 1. The molecule has 10 heteroatoms. The van der Waals surface area contributed by atoms with Crippen molar-refractivity contribution in [1.82, 2.24) is 10.2 Å². The van der Waals surface area contributed by atoms with Crippen molar-refractivity contribution in [3.63, 3.8) is 0 Å². The van der Waals surface area contributed by atoms with Gasteiger partial charge >= 0.3 is 0 Å². The molecule has 3 rings (SSSR count). The van der Waals surface area contributed by atoms with Crippen LogP contribution in [-0.4, -0.2) is 62.2 Å². The topological polar surface area (TPSA) is 105 Å². The number of carbonyl (C=O) groups excluding carboxylic acids is 2. The first kappa shape index (κ1) is 28.3. The molecule has 1 aliphatic heterocycles. The molecule has 1 unspecified atom stereocenters. The zero-order valence-corrected chi connectivity index (χ0v) is 23.2. The molecule has 9 nitrogen and oxygen atoms in total. The molecule has 2 aromatic rings. The number of amides is 2. The van der Waals surface area contributed by atoms with Gasteiger partial charge in [0.2, 0.25) is 21.8 Å². The lowest BCUT2D eigenvalue weighted by Gasteiger charge is -2.34. The first-order chi connectivity index (χ1) is 17.3. The maximum atomic E-state index is 13.8. The second-order valence-electron chi connectivity index (χ2n) is 10.1. The number of nitrogens with one attached hydrogen (secondary N) is 1. The average Bonchev–Trinajstić information content (AvgIpc) is 2.84. The smallest absolute Gasteiger partial charge is 0.244 e. The molecule has 0 saturated carbocycles. The van der Waals surface area contributed by atoms with Gasteiger partial charge in [0, 0.05) is 18.2 Å². The van der Waals surface area contributed by atoms with Gasteiger partial charge in [0.25, 0.3) is 0 Å². The molecular weight excluding hydrogens is 494 g/mol. The molecule has 1 atom stereocenters. The highest BCUT2D eigenvalue weighted by Gasteiger charge is 2.32. The zero-order valence-electron chi connectivity index (χ0n) is 22.4. The van der Waals surface area contributed by atoms with Gasteiger partial charge in [-0.15, -0.1) is 0 Å². The van der Waals surface area contributed by atoms with Gasteiger partial charge in [-0.3, -0.25) is 13.9 Å². The van der Waals surface area contributed by atoms with Gasteiger partial charge in [0.1, 0.15) is 25.8 Å². The first-order valence-electron chi connectivity index (χ1n) is 12.4. The third kappa shape index (κ3) is 7.15. The lowest BCUT2D eigenvalue weighted by Crippen LogP contribution is -2.54. The fourth-order valence-corrected chi connectivity index (χ4v) is 4.99. The van der Waals surface area contributed by atoms with Gasteiger partial charge in [-0.1, -0.05) is 24.3 Å². The molecule has 1 N–H and O–H groups in total. The normalized spacial score (nSPS) is 14.0. The summed E-state index contributed by atoms with van der Waals surface area (Å²) >= 11 is 0. The molecule has 0 saturated heterocycles. The van der Waals surface area contributed by atoms with Crippen molar-refractivity contribution in [3.8, 4) is 11.5 Å². The van der Waals surface area contributed by atoms with Crippen LogP contribution in [0.1, 0.15) is 45.7 Å². The van der Waals surface area contributed by atoms with Gasteiger partial charge in [0.15, 0.2) is 11.5 Å². The molecule has 0 radical (unpaired) electrons. The summed E-state index contributed by atoms with van der Waals surface area (Å²) in [5.41, 5.74) is 1.64. The Morgan fingerprint density at radius 1 is 1.05 bits per heavy atom. The van der Waals surface area contributed by atoms with Crippen LogP contribution >= 0.6 is 0 Å². The average molecular weight is 532 g/mol. The highest BCUT2D eigenvalue weighted by atomic mass is 32.2. The number of fused-ring (bicyclic) bond motifs is 1. The SMILES string of the molecule is CCS(=O)(=O)N(CC(=O)N(Cc1ccccc1C)C(C)C(=O)NC(C)(C)C)c1ccc2c(c1)OCCO2. The van der Waals surface area contributed by atoms with Crippen LogP contribution in [0.5, 0.6) is 11.5 Å². The van der Waals surface area contributed by atoms with E-state index in [2.05, 4.69) is 5.32 Å². The molecule has 2 aromatic carbocycles. The van der Waals surface area contributed by atoms with Crippen molar-refractivity contribution >= 4 is 27.5 Å². The molecule has 0 aromatic heterocycles. The quantitative estimate of drug-likeness (QED) is 0.533. The van der Waals surface area contributed by atoms with Crippen LogP contribution in [0.15, 0.2) is 42.5 Å². The van der Waals surface area contributed by atoms with E-state index in [9.17, 15) is 18.0 Å². The Morgan fingerprint density at radius 3 is 2.32 bits per heavy atom. The number of ether oxygens (including phenoxy) is 2. The van der Waals surface area contributed by atoms with Gasteiger partial charge in [-0.25, -0.2) is 8.42 Å². The number of benzene rings is 2.